The molecule has 0 atom stereocenters. The molecular weight excluding hydrogens is 391 g/mol. The topological polar surface area (TPSA) is 62.5 Å². The van der Waals surface area contributed by atoms with Crippen LogP contribution in [-0.2, 0) is 19.4 Å². The van der Waals surface area contributed by atoms with Gasteiger partial charge in [0.15, 0.2) is 5.96 Å². The number of halogens is 1. The molecule has 0 saturated heterocycles. The predicted molar refractivity (Wildman–Crippen MR) is 103 cm³/mol. The highest BCUT2D eigenvalue weighted by atomic mass is 127. The monoisotopic (exact) mass is 422 g/mol. The van der Waals surface area contributed by atoms with Gasteiger partial charge in [0, 0.05) is 32.1 Å². The van der Waals surface area contributed by atoms with Gasteiger partial charge in [-0.15, -0.1) is 24.0 Å². The molecule has 0 unspecified atom stereocenters. The Morgan fingerprint density at radius 1 is 1.23 bits per heavy atom. The molecule has 5 nitrogen and oxygen atoms in total. The molecule has 0 bridgehead atoms. The van der Waals surface area contributed by atoms with Crippen LogP contribution >= 0.6 is 24.0 Å². The van der Waals surface area contributed by atoms with Gasteiger partial charge in [0.2, 0.25) is 0 Å². The number of aryl methyl sites for hydroxylation is 2. The van der Waals surface area contributed by atoms with E-state index in [4.69, 9.17) is 4.52 Å². The lowest BCUT2D eigenvalue weighted by Crippen LogP contribution is -2.37. The van der Waals surface area contributed by atoms with Crippen LogP contribution in [0.2, 0.25) is 0 Å². The fourth-order valence-electron chi connectivity index (χ4n) is 2.25. The molecule has 1 rings (SSSR count). The van der Waals surface area contributed by atoms with Crippen molar-refractivity contribution in [2.24, 2.45) is 10.9 Å². The second-order valence-electron chi connectivity index (χ2n) is 5.63. The minimum absolute atomic E-state index is 0. The Balaban J connectivity index is 0.00000441. The summed E-state index contributed by atoms with van der Waals surface area (Å²) >= 11 is 0. The van der Waals surface area contributed by atoms with E-state index in [1.807, 2.05) is 0 Å². The number of guanidine groups is 1. The van der Waals surface area contributed by atoms with E-state index in [2.05, 4.69) is 48.5 Å². The smallest absolute Gasteiger partial charge is 0.191 e. The number of hydrogen-bond acceptors (Lipinski definition) is 3. The Morgan fingerprint density at radius 2 is 1.95 bits per heavy atom. The van der Waals surface area contributed by atoms with Gasteiger partial charge in [0.25, 0.3) is 0 Å². The van der Waals surface area contributed by atoms with Crippen molar-refractivity contribution < 1.29 is 4.52 Å². The summed E-state index contributed by atoms with van der Waals surface area (Å²) < 4.78 is 5.38. The average Bonchev–Trinajstić information content (AvgIpc) is 2.88. The number of aliphatic imine (C=N–C) groups is 1. The molecule has 0 aromatic carbocycles. The first kappa shape index (κ1) is 21.2. The van der Waals surface area contributed by atoms with Crippen LogP contribution in [0.1, 0.15) is 57.6 Å². The zero-order valence-electron chi connectivity index (χ0n) is 14.5. The second kappa shape index (κ2) is 11.7. The molecule has 0 aliphatic heterocycles. The number of rotatable bonds is 8. The highest BCUT2D eigenvalue weighted by molar-refractivity contribution is 14.0. The molecule has 0 fully saturated rings. The van der Waals surface area contributed by atoms with E-state index in [-0.39, 0.29) is 24.0 Å². The summed E-state index contributed by atoms with van der Waals surface area (Å²) in [6.07, 6.45) is 4.15. The number of hydrogen-bond donors (Lipinski definition) is 2. The fraction of sp³-hybridized carbons (Fsp3) is 0.750. The Bertz CT molecular complexity index is 422. The van der Waals surface area contributed by atoms with Gasteiger partial charge >= 0.3 is 0 Å². The van der Waals surface area contributed by atoms with E-state index in [0.29, 0.717) is 6.54 Å². The van der Waals surface area contributed by atoms with Gasteiger partial charge in [-0.25, -0.2) is 0 Å². The molecule has 128 valence electrons. The molecule has 0 aliphatic rings. The predicted octanol–water partition coefficient (Wildman–Crippen LogP) is 3.52. The molecule has 0 aliphatic carbocycles. The Kier molecular flexibility index (Phi) is 11.3. The molecule has 0 radical (unpaired) electrons. The summed E-state index contributed by atoms with van der Waals surface area (Å²) in [5, 5.41) is 10.8. The average molecular weight is 422 g/mol. The maximum Gasteiger partial charge on any atom is 0.191 e. The van der Waals surface area contributed by atoms with E-state index < -0.39 is 0 Å². The fourth-order valence-corrected chi connectivity index (χ4v) is 2.25. The first-order valence-corrected chi connectivity index (χ1v) is 8.03. The lowest BCUT2D eigenvalue weighted by Gasteiger charge is -2.12. The number of nitrogens with one attached hydrogen (secondary N) is 2. The molecule has 22 heavy (non-hydrogen) atoms. The minimum atomic E-state index is 0. The van der Waals surface area contributed by atoms with Crippen LogP contribution in [0.3, 0.4) is 0 Å². The van der Waals surface area contributed by atoms with Crippen molar-refractivity contribution in [1.29, 1.82) is 0 Å². The summed E-state index contributed by atoms with van der Waals surface area (Å²) in [5.74, 6) is 2.55. The molecular formula is C16H31IN4O. The van der Waals surface area contributed by atoms with Gasteiger partial charge in [0.05, 0.1) is 5.69 Å². The summed E-state index contributed by atoms with van der Waals surface area (Å²) in [7, 11) is 1.80. The molecule has 2 N–H and O–H groups in total. The van der Waals surface area contributed by atoms with E-state index in [1.54, 1.807) is 7.05 Å². The van der Waals surface area contributed by atoms with E-state index >= 15 is 0 Å². The van der Waals surface area contributed by atoms with Gasteiger partial charge in [-0.2, -0.15) is 0 Å². The Morgan fingerprint density at radius 3 is 2.50 bits per heavy atom. The lowest BCUT2D eigenvalue weighted by molar-refractivity contribution is 0.380. The normalized spacial score (nSPS) is 11.5. The standard InChI is InChI=1S/C16H30N4O.HI/c1-6-14-13(15(7-2)21-20-14)11-19-16(17-5)18-10-8-9-12(3)4;/h12H,6-11H2,1-5H3,(H2,17,18,19);1H. The molecule has 1 heterocycles. The second-order valence-corrected chi connectivity index (χ2v) is 5.63. The zero-order chi connectivity index (χ0) is 15.7. The van der Waals surface area contributed by atoms with E-state index in [0.717, 1.165) is 49.1 Å². The van der Waals surface area contributed by atoms with Gasteiger partial charge in [-0.3, -0.25) is 4.99 Å². The third-order valence-electron chi connectivity index (χ3n) is 3.51. The van der Waals surface area contributed by atoms with Gasteiger partial charge in [-0.05, 0) is 25.2 Å². The number of nitrogens with zero attached hydrogens (tertiary/aromatic N) is 2. The summed E-state index contributed by atoms with van der Waals surface area (Å²) in [6.45, 7) is 10.3. The molecule has 0 spiro atoms. The summed E-state index contributed by atoms with van der Waals surface area (Å²) in [5.41, 5.74) is 2.21. The van der Waals surface area contributed by atoms with Crippen LogP contribution in [0.4, 0.5) is 0 Å². The van der Waals surface area contributed by atoms with Gasteiger partial charge in [0.1, 0.15) is 5.76 Å². The molecule has 1 aromatic rings. The van der Waals surface area contributed by atoms with Crippen LogP contribution in [0.15, 0.2) is 9.52 Å². The van der Waals surface area contributed by atoms with Crippen LogP contribution in [0.25, 0.3) is 0 Å². The SMILES string of the molecule is CCc1noc(CC)c1CNC(=NC)NCCCC(C)C.I. The summed E-state index contributed by atoms with van der Waals surface area (Å²) in [6, 6.07) is 0. The first-order chi connectivity index (χ1) is 10.1. The van der Waals surface area contributed by atoms with Crippen LogP contribution in [-0.4, -0.2) is 24.7 Å². The van der Waals surface area contributed by atoms with Crippen LogP contribution in [0, 0.1) is 5.92 Å². The van der Waals surface area contributed by atoms with Crippen molar-refractivity contribution in [3.63, 3.8) is 0 Å². The first-order valence-electron chi connectivity index (χ1n) is 8.03. The largest absolute Gasteiger partial charge is 0.361 e. The molecule has 0 amide bonds. The third kappa shape index (κ3) is 6.98. The quantitative estimate of drug-likeness (QED) is 0.291. The van der Waals surface area contributed by atoms with Crippen molar-refractivity contribution in [3.05, 3.63) is 17.0 Å². The van der Waals surface area contributed by atoms with Gasteiger partial charge < -0.3 is 15.2 Å². The van der Waals surface area contributed by atoms with Crippen LogP contribution < -0.4 is 10.6 Å². The maximum absolute atomic E-state index is 5.38. The zero-order valence-corrected chi connectivity index (χ0v) is 16.9. The summed E-state index contributed by atoms with van der Waals surface area (Å²) in [4.78, 5) is 4.26. The Labute approximate surface area is 151 Å². The third-order valence-corrected chi connectivity index (χ3v) is 3.51. The maximum atomic E-state index is 5.38. The molecule has 1 aromatic heterocycles. The number of aromatic nitrogens is 1. The van der Waals surface area contributed by atoms with Crippen molar-refractivity contribution in [2.75, 3.05) is 13.6 Å². The van der Waals surface area contributed by atoms with Crippen molar-refractivity contribution in [3.8, 4) is 0 Å². The lowest BCUT2D eigenvalue weighted by atomic mass is 10.1. The van der Waals surface area contributed by atoms with Crippen molar-refractivity contribution in [1.82, 2.24) is 15.8 Å². The van der Waals surface area contributed by atoms with Crippen LogP contribution in [0.5, 0.6) is 0 Å². The van der Waals surface area contributed by atoms with Crippen molar-refractivity contribution >= 4 is 29.9 Å². The minimum Gasteiger partial charge on any atom is -0.361 e. The Hall–Kier alpha value is -0.790. The highest BCUT2D eigenvalue weighted by Gasteiger charge is 2.13. The van der Waals surface area contributed by atoms with E-state index in [1.165, 1.54) is 12.0 Å². The van der Waals surface area contributed by atoms with Gasteiger partial charge in [-0.1, -0.05) is 32.9 Å². The van der Waals surface area contributed by atoms with Crippen molar-refractivity contribution in [2.45, 2.75) is 59.9 Å². The highest BCUT2D eigenvalue weighted by Crippen LogP contribution is 2.15. The van der Waals surface area contributed by atoms with E-state index in [9.17, 15) is 0 Å². The molecule has 0 saturated carbocycles. The molecule has 6 heteroatoms.